The first-order valence-electron chi connectivity index (χ1n) is 7.82. The third-order valence-corrected chi connectivity index (χ3v) is 7.94. The number of hydrogen-bond donors (Lipinski definition) is 0. The molecule has 2 aromatic heterocycles. The van der Waals surface area contributed by atoms with Crippen molar-refractivity contribution in [2.75, 3.05) is 6.54 Å². The van der Waals surface area contributed by atoms with E-state index in [0.29, 0.717) is 17.3 Å². The highest BCUT2D eigenvalue weighted by molar-refractivity contribution is 7.91. The first-order valence-corrected chi connectivity index (χ1v) is 10.5. The van der Waals surface area contributed by atoms with Crippen molar-refractivity contribution < 1.29 is 8.42 Å². The molecule has 0 saturated heterocycles. The Labute approximate surface area is 155 Å². The third-order valence-electron chi connectivity index (χ3n) is 4.37. The van der Waals surface area contributed by atoms with E-state index in [1.165, 1.54) is 5.56 Å². The van der Waals surface area contributed by atoms with E-state index in [1.54, 1.807) is 28.8 Å². The zero-order valence-electron chi connectivity index (χ0n) is 13.2. The lowest BCUT2D eigenvalue weighted by Crippen LogP contribution is -2.40. The first-order chi connectivity index (χ1) is 12.1. The Morgan fingerprint density at radius 2 is 1.84 bits per heavy atom. The Morgan fingerprint density at radius 3 is 2.56 bits per heavy atom. The van der Waals surface area contributed by atoms with Crippen LogP contribution in [0.5, 0.6) is 0 Å². The molecule has 0 radical (unpaired) electrons. The molecule has 0 fully saturated rings. The van der Waals surface area contributed by atoms with E-state index < -0.39 is 10.0 Å². The van der Waals surface area contributed by atoms with Gasteiger partial charge >= 0.3 is 0 Å². The monoisotopic (exact) mass is 390 g/mol. The molecule has 0 aliphatic carbocycles. The van der Waals surface area contributed by atoms with E-state index in [1.807, 2.05) is 30.3 Å². The minimum absolute atomic E-state index is 0.274. The molecular formula is C18H15ClN2O2S2. The largest absolute Gasteiger partial charge is 0.265 e. The molecule has 4 rings (SSSR count). The molecule has 0 spiro atoms. The number of aromatic nitrogens is 1. The standard InChI is InChI=1S/C18H15ClN2O2S2/c19-16-5-6-17(24-16)25(22,23)21-12-9-13-3-1-2-4-15(13)18(21)14-7-10-20-11-8-14/h1-8,10-11,18H,9,12H2. The summed E-state index contributed by atoms with van der Waals surface area (Å²) >= 11 is 7.06. The molecule has 25 heavy (non-hydrogen) atoms. The number of rotatable bonds is 3. The molecule has 0 bridgehead atoms. The van der Waals surface area contributed by atoms with Gasteiger partial charge in [-0.25, -0.2) is 8.42 Å². The quantitative estimate of drug-likeness (QED) is 0.675. The van der Waals surface area contributed by atoms with Crippen LogP contribution in [-0.4, -0.2) is 24.3 Å². The van der Waals surface area contributed by atoms with E-state index in [2.05, 4.69) is 11.1 Å². The molecule has 4 nitrogen and oxygen atoms in total. The van der Waals surface area contributed by atoms with E-state index >= 15 is 0 Å². The smallest absolute Gasteiger partial charge is 0.253 e. The summed E-state index contributed by atoms with van der Waals surface area (Å²) in [4.78, 5) is 4.06. The van der Waals surface area contributed by atoms with Gasteiger partial charge < -0.3 is 0 Å². The molecule has 7 heteroatoms. The minimum Gasteiger partial charge on any atom is -0.265 e. The number of fused-ring (bicyclic) bond motifs is 1. The summed E-state index contributed by atoms with van der Waals surface area (Å²) in [5, 5.41) is 0. The van der Waals surface area contributed by atoms with Gasteiger partial charge in [0, 0.05) is 18.9 Å². The Morgan fingerprint density at radius 1 is 1.08 bits per heavy atom. The molecule has 3 aromatic rings. The molecule has 1 aromatic carbocycles. The number of nitrogens with zero attached hydrogens (tertiary/aromatic N) is 2. The van der Waals surface area contributed by atoms with Gasteiger partial charge in [0.15, 0.2) is 0 Å². The molecule has 0 amide bonds. The lowest BCUT2D eigenvalue weighted by molar-refractivity contribution is 0.345. The molecular weight excluding hydrogens is 376 g/mol. The van der Waals surface area contributed by atoms with E-state index in [9.17, 15) is 8.42 Å². The zero-order chi connectivity index (χ0) is 17.4. The van der Waals surface area contributed by atoms with Crippen LogP contribution in [0.25, 0.3) is 0 Å². The predicted molar refractivity (Wildman–Crippen MR) is 99.4 cm³/mol. The maximum atomic E-state index is 13.3. The SMILES string of the molecule is O=S(=O)(c1ccc(Cl)s1)N1CCc2ccccc2C1c1ccncc1. The highest BCUT2D eigenvalue weighted by atomic mass is 35.5. The van der Waals surface area contributed by atoms with Crippen molar-refractivity contribution in [3.05, 3.63) is 82.0 Å². The van der Waals surface area contributed by atoms with Gasteiger partial charge in [-0.3, -0.25) is 4.98 Å². The van der Waals surface area contributed by atoms with Crippen LogP contribution in [0.3, 0.4) is 0 Å². The fourth-order valence-corrected chi connectivity index (χ4v) is 6.45. The number of benzene rings is 1. The van der Waals surface area contributed by atoms with E-state index in [-0.39, 0.29) is 10.3 Å². The third kappa shape index (κ3) is 3.00. The zero-order valence-corrected chi connectivity index (χ0v) is 15.6. The molecule has 128 valence electrons. The van der Waals surface area contributed by atoms with Gasteiger partial charge in [0.05, 0.1) is 10.4 Å². The van der Waals surface area contributed by atoms with Crippen molar-refractivity contribution in [3.63, 3.8) is 0 Å². The van der Waals surface area contributed by atoms with Crippen molar-refractivity contribution in [1.82, 2.24) is 9.29 Å². The van der Waals surface area contributed by atoms with Crippen LogP contribution in [0, 0.1) is 0 Å². The lowest BCUT2D eigenvalue weighted by Gasteiger charge is -2.36. The summed E-state index contributed by atoms with van der Waals surface area (Å²) < 4.78 is 28.8. The van der Waals surface area contributed by atoms with Crippen LogP contribution in [0.2, 0.25) is 4.34 Å². The first kappa shape index (κ1) is 16.7. The van der Waals surface area contributed by atoms with E-state index in [0.717, 1.165) is 22.5 Å². The molecule has 0 N–H and O–H groups in total. The fraction of sp³-hybridized carbons (Fsp3) is 0.167. The average Bonchev–Trinajstić information content (AvgIpc) is 3.08. The molecule has 1 aliphatic heterocycles. The summed E-state index contributed by atoms with van der Waals surface area (Å²) in [6.07, 6.45) is 4.08. The summed E-state index contributed by atoms with van der Waals surface area (Å²) in [5.74, 6) is 0. The highest BCUT2D eigenvalue weighted by Gasteiger charge is 2.37. The summed E-state index contributed by atoms with van der Waals surface area (Å²) in [7, 11) is -3.63. The van der Waals surface area contributed by atoms with Crippen molar-refractivity contribution in [2.45, 2.75) is 16.7 Å². The van der Waals surface area contributed by atoms with Gasteiger partial charge in [0.1, 0.15) is 4.21 Å². The second-order valence-electron chi connectivity index (χ2n) is 5.81. The second kappa shape index (κ2) is 6.53. The fourth-order valence-electron chi connectivity index (χ4n) is 3.25. The van der Waals surface area contributed by atoms with Crippen LogP contribution in [0.15, 0.2) is 65.1 Å². The second-order valence-corrected chi connectivity index (χ2v) is 9.64. The van der Waals surface area contributed by atoms with Gasteiger partial charge in [-0.15, -0.1) is 11.3 Å². The summed E-state index contributed by atoms with van der Waals surface area (Å²) in [5.41, 5.74) is 3.11. The highest BCUT2D eigenvalue weighted by Crippen LogP contribution is 2.40. The minimum atomic E-state index is -3.63. The Hall–Kier alpha value is -1.73. The summed E-state index contributed by atoms with van der Waals surface area (Å²) in [6, 6.07) is 14.6. The molecule has 1 atom stereocenters. The molecule has 0 saturated carbocycles. The van der Waals surface area contributed by atoms with Crippen molar-refractivity contribution in [3.8, 4) is 0 Å². The van der Waals surface area contributed by atoms with Gasteiger partial charge in [-0.05, 0) is 47.4 Å². The van der Waals surface area contributed by atoms with Crippen LogP contribution in [-0.2, 0) is 16.4 Å². The molecule has 1 aliphatic rings. The van der Waals surface area contributed by atoms with Crippen molar-refractivity contribution >= 4 is 33.0 Å². The van der Waals surface area contributed by atoms with E-state index in [4.69, 9.17) is 11.6 Å². The van der Waals surface area contributed by atoms with Gasteiger partial charge in [-0.2, -0.15) is 4.31 Å². The number of halogens is 1. The van der Waals surface area contributed by atoms with Crippen molar-refractivity contribution in [2.24, 2.45) is 0 Å². The topological polar surface area (TPSA) is 50.3 Å². The number of hydrogen-bond acceptors (Lipinski definition) is 4. The number of sulfonamides is 1. The Bertz CT molecular complexity index is 1000. The van der Waals surface area contributed by atoms with Crippen LogP contribution in [0.4, 0.5) is 0 Å². The van der Waals surface area contributed by atoms with Crippen LogP contribution < -0.4 is 0 Å². The summed E-state index contributed by atoms with van der Waals surface area (Å²) in [6.45, 7) is 0.432. The number of pyridine rings is 1. The van der Waals surface area contributed by atoms with Gasteiger partial charge in [0.2, 0.25) is 0 Å². The maximum absolute atomic E-state index is 13.3. The molecule has 3 heterocycles. The Balaban J connectivity index is 1.87. The van der Waals surface area contributed by atoms with Gasteiger partial charge in [-0.1, -0.05) is 35.9 Å². The van der Waals surface area contributed by atoms with Crippen molar-refractivity contribution in [1.29, 1.82) is 0 Å². The maximum Gasteiger partial charge on any atom is 0.253 e. The van der Waals surface area contributed by atoms with Crippen LogP contribution >= 0.6 is 22.9 Å². The Kier molecular flexibility index (Phi) is 4.37. The van der Waals surface area contributed by atoms with Crippen LogP contribution in [0.1, 0.15) is 22.7 Å². The predicted octanol–water partition coefficient (Wildman–Crippen LogP) is 4.13. The lowest BCUT2D eigenvalue weighted by atomic mass is 9.90. The van der Waals surface area contributed by atoms with Gasteiger partial charge in [0.25, 0.3) is 10.0 Å². The molecule has 1 unspecified atom stereocenters. The normalized spacial score (nSPS) is 18.0. The number of thiophene rings is 1. The average molecular weight is 391 g/mol.